The number of pyridine rings is 1. The lowest BCUT2D eigenvalue weighted by Gasteiger charge is -2.29. The van der Waals surface area contributed by atoms with Gasteiger partial charge in [-0.3, -0.25) is 9.29 Å². The van der Waals surface area contributed by atoms with E-state index in [0.717, 1.165) is 54.3 Å². The molecular formula is C29H29N7O3S. The second-order valence-corrected chi connectivity index (χ2v) is 11.1. The van der Waals surface area contributed by atoms with Crippen molar-refractivity contribution in [3.63, 3.8) is 0 Å². The summed E-state index contributed by atoms with van der Waals surface area (Å²) >= 11 is 0. The molecule has 1 aliphatic rings. The number of anilines is 4. The van der Waals surface area contributed by atoms with Gasteiger partial charge in [0.2, 0.25) is 5.95 Å². The van der Waals surface area contributed by atoms with E-state index in [4.69, 9.17) is 10.5 Å². The van der Waals surface area contributed by atoms with E-state index < -0.39 is 10.0 Å². The first-order chi connectivity index (χ1) is 19.4. The molecule has 0 atom stereocenters. The third kappa shape index (κ3) is 4.92. The quantitative estimate of drug-likeness (QED) is 0.271. The Balaban J connectivity index is 1.37. The molecule has 0 spiro atoms. The van der Waals surface area contributed by atoms with Gasteiger partial charge in [-0.1, -0.05) is 24.3 Å². The number of benzene rings is 3. The van der Waals surface area contributed by atoms with E-state index >= 15 is 0 Å². The van der Waals surface area contributed by atoms with E-state index in [9.17, 15) is 8.42 Å². The summed E-state index contributed by atoms with van der Waals surface area (Å²) in [5.74, 6) is 0.619. The lowest BCUT2D eigenvalue weighted by atomic mass is 10.1. The average Bonchev–Trinajstić information content (AvgIpc) is 3.32. The van der Waals surface area contributed by atoms with Crippen molar-refractivity contribution in [2.75, 3.05) is 54.0 Å². The smallest absolute Gasteiger partial charge is 0.265 e. The molecule has 1 saturated heterocycles. The van der Waals surface area contributed by atoms with Crippen molar-refractivity contribution in [1.29, 1.82) is 0 Å². The SMILES string of the molecule is CNc1ncc(-c2ccc3nc(N)n(-c4ccc(N5CCOCC5)cc4)c3c2)cc1S(=O)(=O)Nc1ccccc1. The fraction of sp³-hybridized carbons (Fsp3) is 0.172. The fourth-order valence-corrected chi connectivity index (χ4v) is 6.14. The normalized spacial score (nSPS) is 13.9. The van der Waals surface area contributed by atoms with Crippen LogP contribution in [0.15, 0.2) is 90.0 Å². The highest BCUT2D eigenvalue weighted by Crippen LogP contribution is 2.32. The fourth-order valence-electron chi connectivity index (χ4n) is 4.89. The molecule has 0 amide bonds. The molecule has 1 fully saturated rings. The molecule has 3 aromatic carbocycles. The van der Waals surface area contributed by atoms with Crippen LogP contribution >= 0.6 is 0 Å². The molecule has 6 rings (SSSR count). The monoisotopic (exact) mass is 555 g/mol. The number of hydrogen-bond acceptors (Lipinski definition) is 8. The summed E-state index contributed by atoms with van der Waals surface area (Å²) in [6.07, 6.45) is 1.65. The number of sulfonamides is 1. The van der Waals surface area contributed by atoms with Crippen LogP contribution in [-0.2, 0) is 14.8 Å². The summed E-state index contributed by atoms with van der Waals surface area (Å²) in [5.41, 5.74) is 11.8. The Morgan fingerprint density at radius 2 is 1.62 bits per heavy atom. The minimum Gasteiger partial charge on any atom is -0.378 e. The molecule has 3 heterocycles. The van der Waals surface area contributed by atoms with Gasteiger partial charge in [-0.05, 0) is 60.2 Å². The first-order valence-corrected chi connectivity index (χ1v) is 14.4. The van der Waals surface area contributed by atoms with Crippen LogP contribution in [-0.4, -0.2) is 56.3 Å². The van der Waals surface area contributed by atoms with Crippen molar-refractivity contribution in [3.05, 3.63) is 85.1 Å². The molecule has 40 heavy (non-hydrogen) atoms. The predicted molar refractivity (Wildman–Crippen MR) is 159 cm³/mol. The van der Waals surface area contributed by atoms with Crippen LogP contribution in [0.2, 0.25) is 0 Å². The second-order valence-electron chi connectivity index (χ2n) is 9.42. The topological polar surface area (TPSA) is 127 Å². The summed E-state index contributed by atoms with van der Waals surface area (Å²) in [6, 6.07) is 24.3. The van der Waals surface area contributed by atoms with Gasteiger partial charge < -0.3 is 20.7 Å². The molecule has 1 aliphatic heterocycles. The molecule has 0 radical (unpaired) electrons. The van der Waals surface area contributed by atoms with Gasteiger partial charge in [-0.25, -0.2) is 18.4 Å². The summed E-state index contributed by atoms with van der Waals surface area (Å²) in [6.45, 7) is 3.16. The summed E-state index contributed by atoms with van der Waals surface area (Å²) in [5, 5.41) is 2.89. The van der Waals surface area contributed by atoms with Gasteiger partial charge in [0.25, 0.3) is 10.0 Å². The Bertz CT molecular complexity index is 1770. The number of nitrogen functional groups attached to an aromatic ring is 1. The number of imidazole rings is 1. The van der Waals surface area contributed by atoms with Gasteiger partial charge >= 0.3 is 0 Å². The summed E-state index contributed by atoms with van der Waals surface area (Å²) in [4.78, 5) is 11.3. The van der Waals surface area contributed by atoms with Crippen molar-refractivity contribution in [3.8, 4) is 16.8 Å². The first-order valence-electron chi connectivity index (χ1n) is 12.9. The van der Waals surface area contributed by atoms with Gasteiger partial charge in [0.1, 0.15) is 10.7 Å². The van der Waals surface area contributed by atoms with E-state index in [0.29, 0.717) is 17.2 Å². The number of para-hydroxylation sites is 1. The van der Waals surface area contributed by atoms with E-state index in [1.165, 1.54) is 0 Å². The molecule has 10 nitrogen and oxygen atoms in total. The van der Waals surface area contributed by atoms with Crippen molar-refractivity contribution >= 4 is 44.2 Å². The van der Waals surface area contributed by atoms with Crippen molar-refractivity contribution in [2.24, 2.45) is 0 Å². The molecule has 204 valence electrons. The molecule has 2 aromatic heterocycles. The van der Waals surface area contributed by atoms with E-state index in [1.54, 1.807) is 43.6 Å². The van der Waals surface area contributed by atoms with Crippen LogP contribution in [0, 0.1) is 0 Å². The van der Waals surface area contributed by atoms with E-state index in [1.807, 2.05) is 41.0 Å². The van der Waals surface area contributed by atoms with Crippen LogP contribution in [0.4, 0.5) is 23.1 Å². The Hall–Kier alpha value is -4.61. The molecule has 0 bridgehead atoms. The molecule has 0 saturated carbocycles. The third-order valence-corrected chi connectivity index (χ3v) is 8.30. The molecule has 5 aromatic rings. The Labute approximate surface area is 232 Å². The molecule has 11 heteroatoms. The summed E-state index contributed by atoms with van der Waals surface area (Å²) < 4.78 is 36.6. The molecule has 4 N–H and O–H groups in total. The van der Waals surface area contributed by atoms with Crippen molar-refractivity contribution in [2.45, 2.75) is 4.90 Å². The number of rotatable bonds is 7. The Morgan fingerprint density at radius 1 is 0.900 bits per heavy atom. The van der Waals surface area contributed by atoms with Crippen LogP contribution in [0.1, 0.15) is 0 Å². The summed E-state index contributed by atoms with van der Waals surface area (Å²) in [7, 11) is -2.27. The lowest BCUT2D eigenvalue weighted by molar-refractivity contribution is 0.122. The maximum atomic E-state index is 13.3. The third-order valence-electron chi connectivity index (χ3n) is 6.90. The van der Waals surface area contributed by atoms with Crippen molar-refractivity contribution < 1.29 is 13.2 Å². The van der Waals surface area contributed by atoms with E-state index in [-0.39, 0.29) is 10.7 Å². The Morgan fingerprint density at radius 3 is 2.35 bits per heavy atom. The number of ether oxygens (including phenoxy) is 1. The zero-order valence-electron chi connectivity index (χ0n) is 21.9. The number of nitrogens with one attached hydrogen (secondary N) is 2. The number of fused-ring (bicyclic) bond motifs is 1. The van der Waals surface area contributed by atoms with Crippen LogP contribution in [0.3, 0.4) is 0 Å². The van der Waals surface area contributed by atoms with Crippen LogP contribution in [0.25, 0.3) is 27.8 Å². The number of morpholine rings is 1. The highest BCUT2D eigenvalue weighted by atomic mass is 32.2. The zero-order valence-corrected chi connectivity index (χ0v) is 22.7. The Kier molecular flexibility index (Phi) is 6.74. The van der Waals surface area contributed by atoms with Crippen molar-refractivity contribution in [1.82, 2.24) is 14.5 Å². The van der Waals surface area contributed by atoms with Gasteiger partial charge in [-0.2, -0.15) is 0 Å². The highest BCUT2D eigenvalue weighted by molar-refractivity contribution is 7.92. The van der Waals surface area contributed by atoms with Gasteiger partial charge in [0, 0.05) is 49.0 Å². The van der Waals surface area contributed by atoms with Gasteiger partial charge in [0.05, 0.1) is 24.2 Å². The standard InChI is InChI=1S/C29H29N7O3S/c1-31-28-27(40(37,38)34-22-5-3-2-4-6-22)18-21(19-32-28)20-7-12-25-26(17-20)36(29(30)33-25)24-10-8-23(9-11-24)35-13-15-39-16-14-35/h2-12,17-19,34H,13-16H2,1H3,(H2,30,33)(H,31,32). The lowest BCUT2D eigenvalue weighted by Crippen LogP contribution is -2.36. The maximum Gasteiger partial charge on any atom is 0.265 e. The predicted octanol–water partition coefficient (Wildman–Crippen LogP) is 4.35. The minimum atomic E-state index is -3.91. The van der Waals surface area contributed by atoms with Gasteiger partial charge in [-0.15, -0.1) is 0 Å². The van der Waals surface area contributed by atoms with Crippen LogP contribution < -0.4 is 20.7 Å². The highest BCUT2D eigenvalue weighted by Gasteiger charge is 2.21. The van der Waals surface area contributed by atoms with E-state index in [2.05, 4.69) is 37.0 Å². The number of nitrogens with two attached hydrogens (primary N) is 1. The average molecular weight is 556 g/mol. The molecule has 0 aliphatic carbocycles. The maximum absolute atomic E-state index is 13.3. The minimum absolute atomic E-state index is 0.0446. The molecule has 0 unspecified atom stereocenters. The van der Waals surface area contributed by atoms with Gasteiger partial charge in [0.15, 0.2) is 0 Å². The first kappa shape index (κ1) is 25.7. The second kappa shape index (κ2) is 10.5. The number of aromatic nitrogens is 3. The zero-order chi connectivity index (χ0) is 27.7. The largest absolute Gasteiger partial charge is 0.378 e. The molecular weight excluding hydrogens is 526 g/mol. The number of hydrogen-bond donors (Lipinski definition) is 3. The van der Waals surface area contributed by atoms with Crippen LogP contribution in [0.5, 0.6) is 0 Å². The number of nitrogens with zero attached hydrogens (tertiary/aromatic N) is 4.